The number of rotatable bonds is 9. The van der Waals surface area contributed by atoms with E-state index in [9.17, 15) is 19.5 Å². The zero-order chi connectivity index (χ0) is 29.7. The van der Waals surface area contributed by atoms with Crippen LogP contribution in [0.5, 0.6) is 5.75 Å². The molecular weight excluding hydrogens is 562 g/mol. The molecule has 0 aliphatic carbocycles. The fourth-order valence-electron chi connectivity index (χ4n) is 7.04. The number of carbonyl (C=O) groups excluding carboxylic acids is 3. The van der Waals surface area contributed by atoms with E-state index in [1.807, 2.05) is 46.8 Å². The largest absolute Gasteiger partial charge is 0.494 e. The first kappa shape index (κ1) is 29.7. The first-order valence-electron chi connectivity index (χ1n) is 14.2. The Labute approximate surface area is 250 Å². The molecular formula is C31H38ClN3O5S. The van der Waals surface area contributed by atoms with Crippen LogP contribution >= 0.6 is 23.4 Å². The lowest BCUT2D eigenvalue weighted by Gasteiger charge is -2.38. The van der Waals surface area contributed by atoms with Crippen molar-refractivity contribution in [3.63, 3.8) is 0 Å². The first-order chi connectivity index (χ1) is 19.5. The van der Waals surface area contributed by atoms with Gasteiger partial charge in [-0.25, -0.2) is 0 Å². The highest BCUT2D eigenvalue weighted by molar-refractivity contribution is 8.02. The highest BCUT2D eigenvalue weighted by atomic mass is 35.5. The van der Waals surface area contributed by atoms with Crippen molar-refractivity contribution in [1.82, 2.24) is 4.90 Å². The maximum atomic E-state index is 14.4. The molecule has 1 spiro atoms. The van der Waals surface area contributed by atoms with Gasteiger partial charge in [-0.3, -0.25) is 14.4 Å². The molecule has 41 heavy (non-hydrogen) atoms. The number of ether oxygens (including phenoxy) is 1. The standard InChI is InChI=1S/C31H38ClN3O5S/c1-6-40-20-12-10-19(11-13-20)33-27(37)23-24-29(39)35(22(16-36)17(2)3)26(31(24)15-14-30(23,5)41-31)28(38)34-25-18(4)8-7-9-21(25)32/h7-13,17,22-24,26,36H,6,14-16H2,1-5H3,(H,33,37)(H,34,38)/t22-,23+,24-,26?,30-,31?/m0/s1. The van der Waals surface area contributed by atoms with Crippen molar-refractivity contribution in [2.24, 2.45) is 17.8 Å². The van der Waals surface area contributed by atoms with Gasteiger partial charge in [0, 0.05) is 10.4 Å². The fourth-order valence-corrected chi connectivity index (χ4v) is 9.66. The second-order valence-electron chi connectivity index (χ2n) is 11.8. The Hall–Kier alpha value is -2.75. The Morgan fingerprint density at radius 1 is 1.15 bits per heavy atom. The molecule has 3 saturated heterocycles. The summed E-state index contributed by atoms with van der Waals surface area (Å²) in [7, 11) is 0. The van der Waals surface area contributed by atoms with Gasteiger partial charge in [0.25, 0.3) is 0 Å². The second kappa shape index (κ2) is 11.2. The number of para-hydroxylation sites is 1. The smallest absolute Gasteiger partial charge is 0.248 e. The number of hydrogen-bond donors (Lipinski definition) is 3. The normalized spacial score (nSPS) is 29.0. The number of amides is 3. The minimum atomic E-state index is -0.870. The van der Waals surface area contributed by atoms with Gasteiger partial charge in [-0.05, 0) is 75.4 Å². The number of likely N-dealkylation sites (tertiary alicyclic amines) is 1. The third-order valence-corrected chi connectivity index (χ3v) is 11.3. The molecule has 3 aliphatic heterocycles. The summed E-state index contributed by atoms with van der Waals surface area (Å²) >= 11 is 8.06. The van der Waals surface area contributed by atoms with E-state index in [4.69, 9.17) is 16.3 Å². The number of halogens is 1. The minimum Gasteiger partial charge on any atom is -0.494 e. The number of aryl methyl sites for hydroxylation is 1. The second-order valence-corrected chi connectivity index (χ2v) is 14.1. The number of hydrogen-bond acceptors (Lipinski definition) is 6. The lowest BCUT2D eigenvalue weighted by molar-refractivity contribution is -0.142. The van der Waals surface area contributed by atoms with Gasteiger partial charge in [-0.15, -0.1) is 11.8 Å². The van der Waals surface area contributed by atoms with Gasteiger partial charge >= 0.3 is 0 Å². The number of anilines is 2. The van der Waals surface area contributed by atoms with Gasteiger partial charge in [0.2, 0.25) is 17.7 Å². The van der Waals surface area contributed by atoms with Gasteiger partial charge < -0.3 is 25.4 Å². The molecule has 3 heterocycles. The molecule has 2 aromatic carbocycles. The molecule has 10 heteroatoms. The lowest BCUT2D eigenvalue weighted by atomic mass is 9.66. The molecule has 3 N–H and O–H groups in total. The summed E-state index contributed by atoms with van der Waals surface area (Å²) in [6.07, 6.45) is 1.31. The van der Waals surface area contributed by atoms with E-state index in [-0.39, 0.29) is 30.2 Å². The van der Waals surface area contributed by atoms with Crippen LogP contribution in [0.4, 0.5) is 11.4 Å². The lowest BCUT2D eigenvalue weighted by Crippen LogP contribution is -2.56. The van der Waals surface area contributed by atoms with Gasteiger partial charge in [-0.2, -0.15) is 0 Å². The van der Waals surface area contributed by atoms with Crippen LogP contribution in [0, 0.1) is 24.7 Å². The average molecular weight is 600 g/mol. The van der Waals surface area contributed by atoms with Crippen molar-refractivity contribution in [3.8, 4) is 5.75 Å². The van der Waals surface area contributed by atoms with Gasteiger partial charge in [0.15, 0.2) is 0 Å². The summed E-state index contributed by atoms with van der Waals surface area (Å²) in [6, 6.07) is 11.1. The average Bonchev–Trinajstić information content (AvgIpc) is 3.49. The number of benzene rings is 2. The van der Waals surface area contributed by atoms with Crippen LogP contribution in [0.1, 0.15) is 46.1 Å². The summed E-state index contributed by atoms with van der Waals surface area (Å²) in [5, 5.41) is 16.9. The molecule has 2 unspecified atom stereocenters. The van der Waals surface area contributed by atoms with E-state index in [0.29, 0.717) is 41.6 Å². The van der Waals surface area contributed by atoms with Crippen LogP contribution in [0.2, 0.25) is 5.02 Å². The van der Waals surface area contributed by atoms with E-state index in [2.05, 4.69) is 10.6 Å². The van der Waals surface area contributed by atoms with Gasteiger partial charge in [-0.1, -0.05) is 37.6 Å². The maximum Gasteiger partial charge on any atom is 0.248 e. The molecule has 3 amide bonds. The van der Waals surface area contributed by atoms with Crippen LogP contribution in [0.15, 0.2) is 42.5 Å². The molecule has 0 saturated carbocycles. The maximum absolute atomic E-state index is 14.4. The number of fused-ring (bicyclic) bond motifs is 1. The molecule has 6 atom stereocenters. The van der Waals surface area contributed by atoms with Crippen molar-refractivity contribution in [1.29, 1.82) is 0 Å². The third-order valence-electron chi connectivity index (χ3n) is 8.96. The fraction of sp³-hybridized carbons (Fsp3) is 0.516. The van der Waals surface area contributed by atoms with Crippen molar-refractivity contribution >= 4 is 52.5 Å². The predicted octanol–water partition coefficient (Wildman–Crippen LogP) is 5.12. The monoisotopic (exact) mass is 599 g/mol. The number of aliphatic hydroxyl groups excluding tert-OH is 1. The number of thioether (sulfide) groups is 1. The summed E-state index contributed by atoms with van der Waals surface area (Å²) < 4.78 is 4.18. The molecule has 0 aromatic heterocycles. The van der Waals surface area contributed by atoms with Gasteiger partial charge in [0.05, 0.1) is 46.5 Å². The Kier molecular flexibility index (Phi) is 8.09. The van der Waals surface area contributed by atoms with E-state index in [1.54, 1.807) is 47.0 Å². The molecule has 8 nitrogen and oxygen atoms in total. The summed E-state index contributed by atoms with van der Waals surface area (Å²) in [5.41, 5.74) is 1.93. The highest BCUT2D eigenvalue weighted by Crippen LogP contribution is 2.71. The topological polar surface area (TPSA) is 108 Å². The molecule has 3 fully saturated rings. The number of carbonyl (C=O) groups is 3. The first-order valence-corrected chi connectivity index (χ1v) is 15.4. The van der Waals surface area contributed by atoms with Crippen molar-refractivity contribution < 1.29 is 24.2 Å². The SMILES string of the molecule is CCOc1ccc(NC(=O)[C@H]2[C@H]3C(=O)N([C@@H](CO)C(C)C)C(C(=O)Nc4c(C)cccc4Cl)C34CC[C@]2(C)S4)cc1. The van der Waals surface area contributed by atoms with Crippen LogP contribution in [-0.2, 0) is 14.4 Å². The molecule has 220 valence electrons. The van der Waals surface area contributed by atoms with E-state index >= 15 is 0 Å². The third kappa shape index (κ3) is 4.89. The summed E-state index contributed by atoms with van der Waals surface area (Å²) in [6.45, 7) is 9.91. The van der Waals surface area contributed by atoms with Crippen molar-refractivity contribution in [2.75, 3.05) is 23.8 Å². The molecule has 5 rings (SSSR count). The number of nitrogens with one attached hydrogen (secondary N) is 2. The summed E-state index contributed by atoms with van der Waals surface area (Å²) in [5.74, 6) is -1.58. The van der Waals surface area contributed by atoms with E-state index in [0.717, 1.165) is 5.56 Å². The Balaban J connectivity index is 1.52. The Morgan fingerprint density at radius 3 is 2.46 bits per heavy atom. The molecule has 0 radical (unpaired) electrons. The van der Waals surface area contributed by atoms with E-state index in [1.165, 1.54) is 0 Å². The van der Waals surface area contributed by atoms with Crippen LogP contribution < -0.4 is 15.4 Å². The van der Waals surface area contributed by atoms with Crippen molar-refractivity contribution in [3.05, 3.63) is 53.1 Å². The van der Waals surface area contributed by atoms with Gasteiger partial charge in [0.1, 0.15) is 11.8 Å². The predicted molar refractivity (Wildman–Crippen MR) is 162 cm³/mol. The molecule has 2 aromatic rings. The zero-order valence-corrected chi connectivity index (χ0v) is 25.6. The van der Waals surface area contributed by atoms with Crippen LogP contribution in [0.25, 0.3) is 0 Å². The molecule has 2 bridgehead atoms. The number of aliphatic hydroxyl groups is 1. The quantitative estimate of drug-likeness (QED) is 0.369. The Bertz CT molecular complexity index is 1330. The minimum absolute atomic E-state index is 0.106. The van der Waals surface area contributed by atoms with Crippen LogP contribution in [-0.4, -0.2) is 62.5 Å². The van der Waals surface area contributed by atoms with E-state index < -0.39 is 33.4 Å². The number of nitrogens with zero attached hydrogens (tertiary/aromatic N) is 1. The summed E-state index contributed by atoms with van der Waals surface area (Å²) in [4.78, 5) is 44.2. The highest BCUT2D eigenvalue weighted by Gasteiger charge is 2.77. The van der Waals surface area contributed by atoms with Crippen molar-refractivity contribution in [2.45, 2.75) is 69.0 Å². The Morgan fingerprint density at radius 2 is 1.85 bits per heavy atom. The van der Waals surface area contributed by atoms with Crippen LogP contribution in [0.3, 0.4) is 0 Å². The zero-order valence-electron chi connectivity index (χ0n) is 24.1. The molecule has 3 aliphatic rings.